The second kappa shape index (κ2) is 7.77. The van der Waals surface area contributed by atoms with Crippen LogP contribution in [0, 0.1) is 6.92 Å². The van der Waals surface area contributed by atoms with Gasteiger partial charge in [-0.05, 0) is 43.5 Å². The highest BCUT2D eigenvalue weighted by molar-refractivity contribution is 5.88. The summed E-state index contributed by atoms with van der Waals surface area (Å²) in [6.45, 7) is 2.03. The Morgan fingerprint density at radius 2 is 1.71 bits per heavy atom. The number of carbonyl (C=O) groups is 1. The third-order valence-corrected chi connectivity index (χ3v) is 4.25. The van der Waals surface area contributed by atoms with Crippen LogP contribution in [0.25, 0.3) is 0 Å². The molecule has 0 bridgehead atoms. The van der Waals surface area contributed by atoms with Crippen molar-refractivity contribution in [2.24, 2.45) is 0 Å². The number of hydrogen-bond donors (Lipinski definition) is 3. The number of rotatable bonds is 4. The minimum absolute atomic E-state index is 0.212. The highest BCUT2D eigenvalue weighted by Gasteiger charge is 2.15. The summed E-state index contributed by atoms with van der Waals surface area (Å²) in [6, 6.07) is 11.6. The monoisotopic (exact) mass is 325 g/mol. The molecule has 0 saturated heterocycles. The molecular formula is C18H23N5O. The summed E-state index contributed by atoms with van der Waals surface area (Å²) < 4.78 is 0. The topological polar surface area (TPSA) is 78.9 Å². The average Bonchev–Trinajstić information content (AvgIpc) is 2.59. The lowest BCUT2D eigenvalue weighted by atomic mass is 9.96. The van der Waals surface area contributed by atoms with Gasteiger partial charge in [0.05, 0.1) is 0 Å². The van der Waals surface area contributed by atoms with Crippen LogP contribution in [0.5, 0.6) is 0 Å². The fourth-order valence-corrected chi connectivity index (χ4v) is 2.90. The summed E-state index contributed by atoms with van der Waals surface area (Å²) in [5, 5.41) is 17.1. The predicted octanol–water partition coefficient (Wildman–Crippen LogP) is 3.98. The zero-order valence-electron chi connectivity index (χ0n) is 13.9. The van der Waals surface area contributed by atoms with Crippen molar-refractivity contribution in [1.29, 1.82) is 0 Å². The van der Waals surface area contributed by atoms with E-state index in [1.165, 1.54) is 19.3 Å². The van der Waals surface area contributed by atoms with E-state index in [9.17, 15) is 4.79 Å². The van der Waals surface area contributed by atoms with Gasteiger partial charge in [-0.25, -0.2) is 4.79 Å². The average molecular weight is 325 g/mol. The van der Waals surface area contributed by atoms with Crippen molar-refractivity contribution in [1.82, 2.24) is 15.5 Å². The third-order valence-electron chi connectivity index (χ3n) is 4.25. The van der Waals surface area contributed by atoms with E-state index in [0.717, 1.165) is 24.1 Å². The van der Waals surface area contributed by atoms with Crippen LogP contribution in [0.15, 0.2) is 36.4 Å². The minimum atomic E-state index is -0.212. The Labute approximate surface area is 142 Å². The van der Waals surface area contributed by atoms with Gasteiger partial charge in [0.1, 0.15) is 0 Å². The van der Waals surface area contributed by atoms with E-state index < -0.39 is 0 Å². The number of hydrogen-bond acceptors (Lipinski definition) is 4. The smallest absolute Gasteiger partial charge is 0.320 e. The van der Waals surface area contributed by atoms with Crippen molar-refractivity contribution >= 4 is 23.4 Å². The van der Waals surface area contributed by atoms with Crippen LogP contribution in [0.4, 0.5) is 22.1 Å². The van der Waals surface area contributed by atoms with E-state index in [4.69, 9.17) is 0 Å². The molecule has 24 heavy (non-hydrogen) atoms. The lowest BCUT2D eigenvalue weighted by molar-refractivity contribution is 0.244. The number of nitrogens with one attached hydrogen (secondary N) is 3. The molecule has 1 aliphatic carbocycles. The van der Waals surface area contributed by atoms with Crippen molar-refractivity contribution in [2.45, 2.75) is 45.1 Å². The Hall–Kier alpha value is -2.63. The standard InChI is InChI=1S/C18H23N5O/c1-13-7-5-6-10-15(13)20-16-11-12-17(23-22-16)21-18(24)19-14-8-3-2-4-9-14/h5-7,10-12,14H,2-4,8-9H2,1H3,(H,20,22)(H2,19,21,23,24). The van der Waals surface area contributed by atoms with Crippen LogP contribution >= 0.6 is 0 Å². The molecule has 1 saturated carbocycles. The second-order valence-corrected chi connectivity index (χ2v) is 6.18. The molecule has 1 heterocycles. The number of nitrogens with zero attached hydrogens (tertiary/aromatic N) is 2. The predicted molar refractivity (Wildman–Crippen MR) is 95.5 cm³/mol. The van der Waals surface area contributed by atoms with Gasteiger partial charge in [0.2, 0.25) is 0 Å². The van der Waals surface area contributed by atoms with Crippen molar-refractivity contribution in [3.63, 3.8) is 0 Å². The van der Waals surface area contributed by atoms with E-state index in [-0.39, 0.29) is 12.1 Å². The number of urea groups is 1. The summed E-state index contributed by atoms with van der Waals surface area (Å²) >= 11 is 0. The van der Waals surface area contributed by atoms with Crippen LogP contribution in [0.3, 0.4) is 0 Å². The molecular weight excluding hydrogens is 302 g/mol. The fraction of sp³-hybridized carbons (Fsp3) is 0.389. The number of aryl methyl sites for hydroxylation is 1. The quantitative estimate of drug-likeness (QED) is 0.794. The second-order valence-electron chi connectivity index (χ2n) is 6.18. The molecule has 1 aromatic carbocycles. The highest BCUT2D eigenvalue weighted by Crippen LogP contribution is 2.19. The summed E-state index contributed by atoms with van der Waals surface area (Å²) in [7, 11) is 0. The van der Waals surface area contributed by atoms with Gasteiger partial charge in [-0.3, -0.25) is 5.32 Å². The van der Waals surface area contributed by atoms with Crippen molar-refractivity contribution < 1.29 is 4.79 Å². The Bertz CT molecular complexity index is 680. The van der Waals surface area contributed by atoms with E-state index >= 15 is 0 Å². The Balaban J connectivity index is 1.54. The SMILES string of the molecule is Cc1ccccc1Nc1ccc(NC(=O)NC2CCCCC2)nn1. The van der Waals surface area contributed by atoms with Gasteiger partial charge in [-0.2, -0.15) is 0 Å². The first-order valence-corrected chi connectivity index (χ1v) is 8.44. The molecule has 2 aromatic rings. The molecule has 0 radical (unpaired) electrons. The van der Waals surface area contributed by atoms with Gasteiger partial charge in [-0.15, -0.1) is 10.2 Å². The first-order chi connectivity index (χ1) is 11.7. The minimum Gasteiger partial charge on any atom is -0.339 e. The van der Waals surface area contributed by atoms with Crippen molar-refractivity contribution in [3.8, 4) is 0 Å². The lowest BCUT2D eigenvalue weighted by Crippen LogP contribution is -2.39. The van der Waals surface area contributed by atoms with E-state index in [2.05, 4.69) is 26.1 Å². The molecule has 1 aliphatic rings. The van der Waals surface area contributed by atoms with Crippen LogP contribution in [0.2, 0.25) is 0 Å². The van der Waals surface area contributed by atoms with Crippen molar-refractivity contribution in [2.75, 3.05) is 10.6 Å². The highest BCUT2D eigenvalue weighted by atomic mass is 16.2. The number of amides is 2. The van der Waals surface area contributed by atoms with Gasteiger partial charge in [-0.1, -0.05) is 37.5 Å². The maximum absolute atomic E-state index is 12.0. The van der Waals surface area contributed by atoms with Gasteiger partial charge >= 0.3 is 6.03 Å². The molecule has 0 atom stereocenters. The molecule has 0 aliphatic heterocycles. The van der Waals surface area contributed by atoms with Gasteiger partial charge in [0.15, 0.2) is 11.6 Å². The molecule has 3 N–H and O–H groups in total. The molecule has 1 fully saturated rings. The number of benzene rings is 1. The molecule has 2 amide bonds. The summed E-state index contributed by atoms with van der Waals surface area (Å²) in [4.78, 5) is 12.0. The van der Waals surface area contributed by atoms with Crippen LogP contribution in [-0.4, -0.2) is 22.3 Å². The van der Waals surface area contributed by atoms with Gasteiger partial charge in [0.25, 0.3) is 0 Å². The molecule has 0 unspecified atom stereocenters. The maximum Gasteiger partial charge on any atom is 0.320 e. The number of para-hydroxylation sites is 1. The van der Waals surface area contributed by atoms with Crippen molar-refractivity contribution in [3.05, 3.63) is 42.0 Å². The van der Waals surface area contributed by atoms with Crippen LogP contribution in [-0.2, 0) is 0 Å². The Kier molecular flexibility index (Phi) is 5.25. The van der Waals surface area contributed by atoms with Gasteiger partial charge in [0, 0.05) is 11.7 Å². The molecule has 0 spiro atoms. The zero-order chi connectivity index (χ0) is 16.8. The normalized spacial score (nSPS) is 14.9. The van der Waals surface area contributed by atoms with E-state index in [1.807, 2.05) is 31.2 Å². The molecule has 3 rings (SSSR count). The summed E-state index contributed by atoms with van der Waals surface area (Å²) in [5.74, 6) is 1.08. The summed E-state index contributed by atoms with van der Waals surface area (Å²) in [5.41, 5.74) is 2.12. The van der Waals surface area contributed by atoms with Crippen LogP contribution in [0.1, 0.15) is 37.7 Å². The number of aromatic nitrogens is 2. The zero-order valence-corrected chi connectivity index (χ0v) is 13.9. The Morgan fingerprint density at radius 1 is 1.00 bits per heavy atom. The third kappa shape index (κ3) is 4.44. The number of anilines is 3. The molecule has 6 heteroatoms. The first kappa shape index (κ1) is 16.2. The molecule has 1 aromatic heterocycles. The van der Waals surface area contributed by atoms with Gasteiger partial charge < -0.3 is 10.6 Å². The van der Waals surface area contributed by atoms with E-state index in [1.54, 1.807) is 12.1 Å². The fourth-order valence-electron chi connectivity index (χ4n) is 2.90. The number of carbonyl (C=O) groups excluding carboxylic acids is 1. The molecule has 126 valence electrons. The maximum atomic E-state index is 12.0. The first-order valence-electron chi connectivity index (χ1n) is 8.44. The Morgan fingerprint density at radius 3 is 2.42 bits per heavy atom. The van der Waals surface area contributed by atoms with E-state index in [0.29, 0.717) is 11.6 Å². The molecule has 6 nitrogen and oxygen atoms in total. The largest absolute Gasteiger partial charge is 0.339 e. The van der Waals surface area contributed by atoms with Crippen LogP contribution < -0.4 is 16.0 Å². The summed E-state index contributed by atoms with van der Waals surface area (Å²) in [6.07, 6.45) is 5.74. The lowest BCUT2D eigenvalue weighted by Gasteiger charge is -2.22.